The van der Waals surface area contributed by atoms with Crippen LogP contribution in [-0.4, -0.2) is 39.5 Å². The number of rotatable bonds is 13. The Labute approximate surface area is 269 Å². The fraction of sp³-hybridized carbons (Fsp3) is 0.417. The van der Waals surface area contributed by atoms with Crippen LogP contribution in [0.2, 0.25) is 0 Å². The van der Waals surface area contributed by atoms with Gasteiger partial charge in [-0.25, -0.2) is 19.3 Å². The highest BCUT2D eigenvalue weighted by Gasteiger charge is 2.25. The molecule has 0 amide bonds. The second-order valence-electron chi connectivity index (χ2n) is 12.2. The molecule has 3 aromatic heterocycles. The Kier molecular flexibility index (Phi) is 10.3. The third-order valence-corrected chi connectivity index (χ3v) is 8.58. The summed E-state index contributed by atoms with van der Waals surface area (Å²) in [6.07, 6.45) is 6.50. The number of benzene rings is 2. The van der Waals surface area contributed by atoms with Gasteiger partial charge in [0.15, 0.2) is 5.16 Å². The molecule has 45 heavy (non-hydrogen) atoms. The van der Waals surface area contributed by atoms with Crippen LogP contribution in [0, 0.1) is 5.82 Å². The van der Waals surface area contributed by atoms with Gasteiger partial charge in [-0.2, -0.15) is 0 Å². The molecule has 0 atom stereocenters. The van der Waals surface area contributed by atoms with Crippen molar-refractivity contribution in [1.29, 1.82) is 0 Å². The zero-order valence-corrected chi connectivity index (χ0v) is 28.3. The number of ether oxygens (including phenoxy) is 2. The average molecular weight is 631 g/mol. The minimum absolute atomic E-state index is 0.230. The second-order valence-corrected chi connectivity index (χ2v) is 13.0. The molecule has 238 valence electrons. The lowest BCUT2D eigenvalue weighted by Crippen LogP contribution is -2.11. The van der Waals surface area contributed by atoms with Crippen LogP contribution in [0.15, 0.2) is 58.4 Å². The maximum absolute atomic E-state index is 15.6. The van der Waals surface area contributed by atoms with E-state index in [1.165, 1.54) is 34.5 Å². The van der Waals surface area contributed by atoms with E-state index in [4.69, 9.17) is 23.9 Å². The number of methoxy groups -OCH3 is 1. The molecule has 7 nitrogen and oxygen atoms in total. The number of hydrogen-bond acceptors (Lipinski definition) is 7. The molecule has 5 rings (SSSR count). The topological polar surface area (TPSA) is 75.2 Å². The number of imidazole rings is 1. The molecule has 0 aliphatic rings. The van der Waals surface area contributed by atoms with Gasteiger partial charge in [0.05, 0.1) is 24.3 Å². The number of fused-ring (bicyclic) bond motifs is 1. The third kappa shape index (κ3) is 6.79. The van der Waals surface area contributed by atoms with Crippen molar-refractivity contribution in [2.24, 2.45) is 0 Å². The molecular weight excluding hydrogens is 587 g/mol. The summed E-state index contributed by atoms with van der Waals surface area (Å²) >= 11 is 1.45. The van der Waals surface area contributed by atoms with Crippen LogP contribution in [-0.2, 0) is 17.9 Å². The van der Waals surface area contributed by atoms with Crippen LogP contribution in [0.4, 0.5) is 4.39 Å². The lowest BCUT2D eigenvalue weighted by Gasteiger charge is -2.25. The van der Waals surface area contributed by atoms with E-state index in [2.05, 4.69) is 58.7 Å². The number of furan rings is 1. The third-order valence-electron chi connectivity index (χ3n) is 8.02. The van der Waals surface area contributed by atoms with E-state index in [0.29, 0.717) is 76.0 Å². The first-order chi connectivity index (χ1) is 21.6. The summed E-state index contributed by atoms with van der Waals surface area (Å²) in [5.41, 5.74) is 6.80. The largest absolute Gasteiger partial charge is 0.493 e. The highest BCUT2D eigenvalue weighted by Crippen LogP contribution is 2.40. The Morgan fingerprint density at radius 1 is 0.956 bits per heavy atom. The van der Waals surface area contributed by atoms with E-state index in [-0.39, 0.29) is 12.5 Å². The molecule has 0 aliphatic heterocycles. The molecule has 0 fully saturated rings. The fourth-order valence-electron chi connectivity index (χ4n) is 6.05. The molecule has 3 heterocycles. The lowest BCUT2D eigenvalue weighted by molar-refractivity contribution is 0.129. The number of aromatic nitrogens is 4. The summed E-state index contributed by atoms with van der Waals surface area (Å²) < 4.78 is 35.3. The quantitative estimate of drug-likeness (QED) is 0.0728. The number of halogens is 1. The molecule has 5 aromatic rings. The summed E-state index contributed by atoms with van der Waals surface area (Å²) in [4.78, 5) is 14.1. The van der Waals surface area contributed by atoms with Crippen LogP contribution in [0.5, 0.6) is 5.75 Å². The number of thioether (sulfide) groups is 1. The highest BCUT2D eigenvalue weighted by molar-refractivity contribution is 7.98. The minimum Gasteiger partial charge on any atom is -0.493 e. The minimum atomic E-state index is -0.381. The fourth-order valence-corrected chi connectivity index (χ4v) is 6.41. The first-order valence-electron chi connectivity index (χ1n) is 15.6. The van der Waals surface area contributed by atoms with Gasteiger partial charge >= 0.3 is 0 Å². The van der Waals surface area contributed by atoms with Gasteiger partial charge in [0.25, 0.3) is 0 Å². The standard InChI is InChI=1S/C36H43FN4O3S/c1-21(2)25-11-12-29(33(23(5)6)32(25)22(3)4)43-16-9-10-31-40-34(26-19-30-24(14-17-44-30)18-27(26)37)35(41(31)20-42-7)28-13-15-38-36(39-28)45-8/h11-15,17-19,21-23H,9-10,16,20H2,1-8H3. The van der Waals surface area contributed by atoms with Crippen molar-refractivity contribution in [3.8, 4) is 28.4 Å². The van der Waals surface area contributed by atoms with Gasteiger partial charge in [-0.3, -0.25) is 0 Å². The van der Waals surface area contributed by atoms with Gasteiger partial charge in [0.2, 0.25) is 0 Å². The van der Waals surface area contributed by atoms with Crippen molar-refractivity contribution in [1.82, 2.24) is 19.5 Å². The summed E-state index contributed by atoms with van der Waals surface area (Å²) in [6.45, 7) is 14.2. The SMILES string of the molecule is COCn1c(CCCOc2ccc(C(C)C)c(C(C)C)c2C(C)C)nc(-c2cc3occc3cc2F)c1-c1ccnc(SC)n1. The van der Waals surface area contributed by atoms with Crippen LogP contribution in [0.3, 0.4) is 0 Å². The summed E-state index contributed by atoms with van der Waals surface area (Å²) in [7, 11) is 1.64. The Morgan fingerprint density at radius 3 is 2.42 bits per heavy atom. The van der Waals surface area contributed by atoms with E-state index < -0.39 is 0 Å². The average Bonchev–Trinajstić information content (AvgIpc) is 3.62. The van der Waals surface area contributed by atoms with E-state index >= 15 is 4.39 Å². The van der Waals surface area contributed by atoms with Gasteiger partial charge in [-0.05, 0) is 71.9 Å². The zero-order chi connectivity index (χ0) is 32.2. The molecule has 0 bridgehead atoms. The van der Waals surface area contributed by atoms with Crippen LogP contribution < -0.4 is 4.74 Å². The van der Waals surface area contributed by atoms with Gasteiger partial charge in [0.1, 0.15) is 35.4 Å². The first kappa shape index (κ1) is 32.7. The predicted molar refractivity (Wildman–Crippen MR) is 180 cm³/mol. The first-order valence-corrected chi connectivity index (χ1v) is 16.8. The van der Waals surface area contributed by atoms with Crippen LogP contribution in [0.25, 0.3) is 33.6 Å². The molecular formula is C36H43FN4O3S. The second kappa shape index (κ2) is 14.2. The summed E-state index contributed by atoms with van der Waals surface area (Å²) in [5, 5.41) is 1.31. The Hall–Kier alpha value is -3.69. The van der Waals surface area contributed by atoms with Gasteiger partial charge in [-0.1, -0.05) is 59.4 Å². The molecule has 0 radical (unpaired) electrons. The summed E-state index contributed by atoms with van der Waals surface area (Å²) in [6, 6.07) is 11.1. The number of aryl methyl sites for hydroxylation is 1. The molecule has 9 heteroatoms. The zero-order valence-electron chi connectivity index (χ0n) is 27.5. The van der Waals surface area contributed by atoms with E-state index in [1.54, 1.807) is 31.7 Å². The molecule has 0 N–H and O–H groups in total. The molecule has 0 saturated heterocycles. The van der Waals surface area contributed by atoms with Crippen molar-refractivity contribution in [3.05, 3.63) is 77.2 Å². The van der Waals surface area contributed by atoms with E-state index in [9.17, 15) is 0 Å². The van der Waals surface area contributed by atoms with Crippen LogP contribution in [0.1, 0.15) is 88.2 Å². The Bertz CT molecular complexity index is 1780. The van der Waals surface area contributed by atoms with Crippen LogP contribution >= 0.6 is 11.8 Å². The number of nitrogens with zero attached hydrogens (tertiary/aromatic N) is 4. The Balaban J connectivity index is 1.50. The Morgan fingerprint density at radius 2 is 1.73 bits per heavy atom. The van der Waals surface area contributed by atoms with E-state index in [0.717, 1.165) is 11.6 Å². The summed E-state index contributed by atoms with van der Waals surface area (Å²) in [5.74, 6) is 2.50. The van der Waals surface area contributed by atoms with Gasteiger partial charge < -0.3 is 18.5 Å². The van der Waals surface area contributed by atoms with Crippen molar-refractivity contribution in [2.75, 3.05) is 20.0 Å². The van der Waals surface area contributed by atoms with Crippen molar-refractivity contribution >= 4 is 22.7 Å². The molecule has 0 unspecified atom stereocenters. The lowest BCUT2D eigenvalue weighted by atomic mass is 9.83. The monoisotopic (exact) mass is 630 g/mol. The van der Waals surface area contributed by atoms with Crippen molar-refractivity contribution in [3.63, 3.8) is 0 Å². The maximum atomic E-state index is 15.6. The van der Waals surface area contributed by atoms with E-state index in [1.807, 2.05) is 16.9 Å². The molecule has 0 aliphatic carbocycles. The highest BCUT2D eigenvalue weighted by atomic mass is 32.2. The van der Waals surface area contributed by atoms with Crippen molar-refractivity contribution in [2.45, 2.75) is 84.0 Å². The van der Waals surface area contributed by atoms with Gasteiger partial charge in [-0.15, -0.1) is 0 Å². The predicted octanol–water partition coefficient (Wildman–Crippen LogP) is 9.60. The van der Waals surface area contributed by atoms with Crippen molar-refractivity contribution < 1.29 is 18.3 Å². The molecule has 0 saturated carbocycles. The van der Waals surface area contributed by atoms with Gasteiger partial charge in [0, 0.05) is 36.2 Å². The maximum Gasteiger partial charge on any atom is 0.187 e. The smallest absolute Gasteiger partial charge is 0.187 e. The number of hydrogen-bond donors (Lipinski definition) is 0. The normalized spacial score (nSPS) is 11.9. The molecule has 2 aromatic carbocycles. The molecule has 0 spiro atoms.